The second-order valence-electron chi connectivity index (χ2n) is 8.19. The highest BCUT2D eigenvalue weighted by Gasteiger charge is 2.21. The Morgan fingerprint density at radius 1 is 1.04 bits per heavy atom. The van der Waals surface area contributed by atoms with Crippen LogP contribution in [0.5, 0.6) is 5.75 Å². The van der Waals surface area contributed by atoms with E-state index < -0.39 is 0 Å². The van der Waals surface area contributed by atoms with Gasteiger partial charge in [0.2, 0.25) is 0 Å². The molecule has 4 nitrogen and oxygen atoms in total. The molecule has 3 aromatic rings. The zero-order valence-electron chi connectivity index (χ0n) is 17.5. The first-order valence-electron chi connectivity index (χ1n) is 10.1. The average Bonchev–Trinajstić information content (AvgIpc) is 2.66. The fourth-order valence-corrected chi connectivity index (χ4v) is 4.47. The fraction of sp³-hybridized carbons (Fsp3) is 0.417. The van der Waals surface area contributed by atoms with Crippen molar-refractivity contribution < 1.29 is 4.74 Å². The van der Waals surface area contributed by atoms with Crippen molar-refractivity contribution in [2.45, 2.75) is 39.5 Å². The van der Waals surface area contributed by atoms with E-state index in [2.05, 4.69) is 63.1 Å². The maximum absolute atomic E-state index is 5.68. The summed E-state index contributed by atoms with van der Waals surface area (Å²) in [5.74, 6) is 1.36. The van der Waals surface area contributed by atoms with Gasteiger partial charge in [-0.05, 0) is 88.2 Å². The highest BCUT2D eigenvalue weighted by Crippen LogP contribution is 2.35. The van der Waals surface area contributed by atoms with Crippen molar-refractivity contribution in [1.29, 1.82) is 0 Å². The van der Waals surface area contributed by atoms with Gasteiger partial charge in [0.1, 0.15) is 5.75 Å². The lowest BCUT2D eigenvalue weighted by molar-refractivity contribution is 0.248. The van der Waals surface area contributed by atoms with E-state index in [4.69, 9.17) is 14.7 Å². The number of rotatable bonds is 3. The number of benzene rings is 1. The van der Waals surface area contributed by atoms with Crippen molar-refractivity contribution in [3.8, 4) is 17.0 Å². The molecule has 4 heteroatoms. The number of aryl methyl sites for hydroxylation is 3. The average molecular weight is 376 g/mol. The van der Waals surface area contributed by atoms with E-state index in [1.54, 1.807) is 7.11 Å². The van der Waals surface area contributed by atoms with Crippen LogP contribution in [0.2, 0.25) is 0 Å². The first kappa shape index (κ1) is 18.9. The number of ether oxygens (including phenoxy) is 1. The lowest BCUT2D eigenvalue weighted by Gasteiger charge is -2.29. The van der Waals surface area contributed by atoms with Gasteiger partial charge >= 0.3 is 0 Å². The van der Waals surface area contributed by atoms with Gasteiger partial charge in [0, 0.05) is 29.1 Å². The van der Waals surface area contributed by atoms with Crippen molar-refractivity contribution in [3.63, 3.8) is 0 Å². The molecule has 1 fully saturated rings. The van der Waals surface area contributed by atoms with E-state index in [0.717, 1.165) is 40.3 Å². The van der Waals surface area contributed by atoms with Crippen molar-refractivity contribution in [1.82, 2.24) is 14.9 Å². The number of aromatic nitrogens is 2. The number of hydrogen-bond donors (Lipinski definition) is 0. The smallest absolute Gasteiger partial charge is 0.160 e. The molecular formula is C24H29N3O. The predicted molar refractivity (Wildman–Crippen MR) is 115 cm³/mol. The number of likely N-dealkylation sites (tertiary alicyclic amines) is 1. The Kier molecular flexibility index (Phi) is 5.07. The van der Waals surface area contributed by atoms with Gasteiger partial charge in [-0.15, -0.1) is 0 Å². The van der Waals surface area contributed by atoms with E-state index in [0.29, 0.717) is 5.92 Å². The van der Waals surface area contributed by atoms with Crippen LogP contribution in [-0.4, -0.2) is 42.1 Å². The minimum absolute atomic E-state index is 0.490. The summed E-state index contributed by atoms with van der Waals surface area (Å²) in [4.78, 5) is 12.4. The van der Waals surface area contributed by atoms with Crippen LogP contribution in [0.3, 0.4) is 0 Å². The van der Waals surface area contributed by atoms with Crippen LogP contribution >= 0.6 is 0 Å². The fourth-order valence-electron chi connectivity index (χ4n) is 4.47. The molecule has 1 unspecified atom stereocenters. The molecule has 4 rings (SSSR count). The summed E-state index contributed by atoms with van der Waals surface area (Å²) >= 11 is 0. The summed E-state index contributed by atoms with van der Waals surface area (Å²) in [5.41, 5.74) is 7.55. The van der Waals surface area contributed by atoms with Gasteiger partial charge in [-0.25, -0.2) is 9.97 Å². The number of hydrogen-bond acceptors (Lipinski definition) is 4. The monoisotopic (exact) mass is 375 g/mol. The molecule has 0 saturated carbocycles. The quantitative estimate of drug-likeness (QED) is 0.643. The van der Waals surface area contributed by atoms with E-state index in [9.17, 15) is 0 Å². The largest absolute Gasteiger partial charge is 0.496 e. The third-order valence-corrected chi connectivity index (χ3v) is 5.86. The Morgan fingerprint density at radius 2 is 1.86 bits per heavy atom. The predicted octanol–water partition coefficient (Wildman–Crippen LogP) is 5.04. The molecule has 146 valence electrons. The topological polar surface area (TPSA) is 38.2 Å². The van der Waals surface area contributed by atoms with Crippen LogP contribution in [-0.2, 0) is 0 Å². The molecule has 0 N–H and O–H groups in total. The summed E-state index contributed by atoms with van der Waals surface area (Å²) in [6.45, 7) is 8.60. The molecule has 0 radical (unpaired) electrons. The third-order valence-electron chi connectivity index (χ3n) is 5.86. The van der Waals surface area contributed by atoms with Gasteiger partial charge in [-0.2, -0.15) is 0 Å². The SMILES string of the molecule is COc1cc(C)cc(C)c1-c1cc(C)c2ccc(C3CCCN(C)C3)nc2n1. The second-order valence-corrected chi connectivity index (χ2v) is 8.19. The van der Waals surface area contributed by atoms with Crippen molar-refractivity contribution in [2.75, 3.05) is 27.2 Å². The van der Waals surface area contributed by atoms with Crippen LogP contribution < -0.4 is 4.74 Å². The number of pyridine rings is 2. The maximum Gasteiger partial charge on any atom is 0.160 e. The van der Waals surface area contributed by atoms with Gasteiger partial charge in [-0.1, -0.05) is 6.07 Å². The van der Waals surface area contributed by atoms with Crippen LogP contribution in [0.1, 0.15) is 41.1 Å². The molecule has 28 heavy (non-hydrogen) atoms. The molecule has 2 aromatic heterocycles. The summed E-state index contributed by atoms with van der Waals surface area (Å²) in [6.07, 6.45) is 2.43. The first-order valence-corrected chi connectivity index (χ1v) is 10.1. The number of likely N-dealkylation sites (N-methyl/N-ethyl adjacent to an activating group) is 1. The molecule has 1 atom stereocenters. The van der Waals surface area contributed by atoms with E-state index >= 15 is 0 Å². The standard InChI is InChI=1S/C24H29N3O/c1-15-11-17(3)23(22(12-15)28-5)21-13-16(2)19-8-9-20(25-24(19)26-21)18-7-6-10-27(4)14-18/h8-9,11-13,18H,6-7,10,14H2,1-5H3. The van der Waals surface area contributed by atoms with Gasteiger partial charge < -0.3 is 9.64 Å². The Bertz CT molecular complexity index is 1030. The third kappa shape index (κ3) is 3.49. The van der Waals surface area contributed by atoms with Gasteiger partial charge in [0.05, 0.1) is 12.8 Å². The molecule has 0 amide bonds. The molecule has 0 spiro atoms. The van der Waals surface area contributed by atoms with Crippen LogP contribution in [0.4, 0.5) is 0 Å². The highest BCUT2D eigenvalue weighted by molar-refractivity contribution is 5.84. The van der Waals surface area contributed by atoms with Crippen LogP contribution in [0.25, 0.3) is 22.3 Å². The summed E-state index contributed by atoms with van der Waals surface area (Å²) in [5, 5.41) is 1.13. The van der Waals surface area contributed by atoms with Gasteiger partial charge in [0.15, 0.2) is 5.65 Å². The van der Waals surface area contributed by atoms with Crippen molar-refractivity contribution >= 4 is 11.0 Å². The number of fused-ring (bicyclic) bond motifs is 1. The first-order chi connectivity index (χ1) is 13.5. The van der Waals surface area contributed by atoms with E-state index in [1.807, 2.05) is 0 Å². The zero-order valence-corrected chi connectivity index (χ0v) is 17.5. The maximum atomic E-state index is 5.68. The summed E-state index contributed by atoms with van der Waals surface area (Å²) in [7, 11) is 3.92. The second kappa shape index (κ2) is 7.51. The summed E-state index contributed by atoms with van der Waals surface area (Å²) in [6, 6.07) is 10.8. The molecule has 0 bridgehead atoms. The summed E-state index contributed by atoms with van der Waals surface area (Å²) < 4.78 is 5.68. The molecular weight excluding hydrogens is 346 g/mol. The number of piperidine rings is 1. The lowest BCUT2D eigenvalue weighted by atomic mass is 9.94. The van der Waals surface area contributed by atoms with Crippen molar-refractivity contribution in [3.05, 3.63) is 52.7 Å². The Hall–Kier alpha value is -2.46. The molecule has 1 aliphatic heterocycles. The van der Waals surface area contributed by atoms with Crippen molar-refractivity contribution in [2.24, 2.45) is 0 Å². The Labute approximate surface area is 167 Å². The van der Waals surface area contributed by atoms with Crippen LogP contribution in [0, 0.1) is 20.8 Å². The Morgan fingerprint density at radius 3 is 2.61 bits per heavy atom. The van der Waals surface area contributed by atoms with Crippen LogP contribution in [0.15, 0.2) is 30.3 Å². The molecule has 3 heterocycles. The van der Waals surface area contributed by atoms with E-state index in [-0.39, 0.29) is 0 Å². The van der Waals surface area contributed by atoms with Gasteiger partial charge in [-0.3, -0.25) is 0 Å². The number of methoxy groups -OCH3 is 1. The Balaban J connectivity index is 1.83. The molecule has 1 saturated heterocycles. The lowest BCUT2D eigenvalue weighted by Crippen LogP contribution is -2.31. The molecule has 0 aliphatic carbocycles. The minimum Gasteiger partial charge on any atom is -0.496 e. The highest BCUT2D eigenvalue weighted by atomic mass is 16.5. The normalized spacial score (nSPS) is 17.8. The zero-order chi connectivity index (χ0) is 19.8. The molecule has 1 aliphatic rings. The number of nitrogens with zero attached hydrogens (tertiary/aromatic N) is 3. The minimum atomic E-state index is 0.490. The molecule has 1 aromatic carbocycles. The van der Waals surface area contributed by atoms with Gasteiger partial charge in [0.25, 0.3) is 0 Å². The van der Waals surface area contributed by atoms with E-state index in [1.165, 1.54) is 36.1 Å².